The molecule has 2 fully saturated rings. The van der Waals surface area contributed by atoms with Gasteiger partial charge in [-0.2, -0.15) is 0 Å². The lowest BCUT2D eigenvalue weighted by Gasteiger charge is -2.28. The van der Waals surface area contributed by atoms with Crippen LogP contribution in [0.2, 0.25) is 0 Å². The third-order valence-electron chi connectivity index (χ3n) is 6.43. The van der Waals surface area contributed by atoms with Crippen LogP contribution in [0, 0.1) is 6.92 Å². The van der Waals surface area contributed by atoms with Crippen molar-refractivity contribution in [3.8, 4) is 22.6 Å². The Kier molecular flexibility index (Phi) is 5.55. The molecule has 6 nitrogen and oxygen atoms in total. The molecule has 0 unspecified atom stereocenters. The van der Waals surface area contributed by atoms with E-state index in [2.05, 4.69) is 20.0 Å². The summed E-state index contributed by atoms with van der Waals surface area (Å²) in [6, 6.07) is 16.4. The largest absolute Gasteiger partial charge is 0.421 e. The van der Waals surface area contributed by atoms with Crippen molar-refractivity contribution in [1.82, 2.24) is 20.0 Å². The van der Waals surface area contributed by atoms with E-state index >= 15 is 0 Å². The maximum Gasteiger partial charge on any atom is 0.254 e. The van der Waals surface area contributed by atoms with Gasteiger partial charge >= 0.3 is 0 Å². The Balaban J connectivity index is 1.27. The minimum atomic E-state index is 0.162. The van der Waals surface area contributed by atoms with Crippen LogP contribution in [0.4, 0.5) is 0 Å². The number of benzene rings is 2. The molecule has 2 aromatic carbocycles. The highest BCUT2D eigenvalue weighted by molar-refractivity contribution is 5.95. The van der Waals surface area contributed by atoms with Crippen LogP contribution in [0.5, 0.6) is 0 Å². The summed E-state index contributed by atoms with van der Waals surface area (Å²) in [5.41, 5.74) is 3.84. The number of aromatic nitrogens is 2. The van der Waals surface area contributed by atoms with Gasteiger partial charge in [-0.25, -0.2) is 0 Å². The lowest BCUT2D eigenvalue weighted by molar-refractivity contribution is 0.0709. The van der Waals surface area contributed by atoms with Crippen LogP contribution in [0.15, 0.2) is 52.9 Å². The van der Waals surface area contributed by atoms with Gasteiger partial charge < -0.3 is 14.2 Å². The van der Waals surface area contributed by atoms with Crippen LogP contribution < -0.4 is 0 Å². The van der Waals surface area contributed by atoms with Crippen LogP contribution in [-0.2, 0) is 0 Å². The number of carbonyl (C=O) groups excluding carboxylic acids is 1. The number of amides is 1. The number of carbonyl (C=O) groups is 1. The predicted octanol–water partition coefficient (Wildman–Crippen LogP) is 4.41. The fraction of sp³-hybridized carbons (Fsp3) is 0.400. The van der Waals surface area contributed by atoms with E-state index in [1.165, 1.54) is 25.9 Å². The molecular weight excluding hydrogens is 388 g/mol. The van der Waals surface area contributed by atoms with Crippen molar-refractivity contribution in [3.05, 3.63) is 60.0 Å². The molecular formula is C25H28N4O2. The molecule has 31 heavy (non-hydrogen) atoms. The van der Waals surface area contributed by atoms with E-state index < -0.39 is 0 Å². The van der Waals surface area contributed by atoms with E-state index in [9.17, 15) is 4.79 Å². The van der Waals surface area contributed by atoms with E-state index in [0.29, 0.717) is 17.8 Å². The number of likely N-dealkylation sites (tertiary alicyclic amines) is 2. The molecule has 0 N–H and O–H groups in total. The Morgan fingerprint density at radius 2 is 1.55 bits per heavy atom. The van der Waals surface area contributed by atoms with Crippen LogP contribution in [0.1, 0.15) is 41.9 Å². The van der Waals surface area contributed by atoms with Crippen LogP contribution in [0.3, 0.4) is 0 Å². The molecule has 5 rings (SSSR count). The highest BCUT2D eigenvalue weighted by Crippen LogP contribution is 2.26. The summed E-state index contributed by atoms with van der Waals surface area (Å²) in [5.74, 6) is 1.24. The molecule has 1 aromatic heterocycles. The zero-order valence-electron chi connectivity index (χ0n) is 18.0. The lowest BCUT2D eigenvalue weighted by atomic mass is 10.0. The Morgan fingerprint density at radius 1 is 0.903 bits per heavy atom. The predicted molar refractivity (Wildman–Crippen MR) is 120 cm³/mol. The van der Waals surface area contributed by atoms with Gasteiger partial charge in [0.25, 0.3) is 5.91 Å². The number of rotatable bonds is 5. The zero-order chi connectivity index (χ0) is 21.2. The average Bonchev–Trinajstić information content (AvgIpc) is 3.57. The molecule has 0 bridgehead atoms. The molecule has 2 saturated heterocycles. The fourth-order valence-corrected chi connectivity index (χ4v) is 4.75. The molecule has 2 aliphatic rings. The summed E-state index contributed by atoms with van der Waals surface area (Å²) in [6.45, 7) is 6.03. The Morgan fingerprint density at radius 3 is 2.19 bits per heavy atom. The standard InChI is InChI=1S/C25H28N4O2/c1-18-26-27-24(31-18)21-10-6-19(7-11-21)20-8-12-22(13-9-20)25(30)29-16-4-5-23(29)17-28-14-2-3-15-28/h6-13,23H,2-5,14-17H2,1H3/t23-/m0/s1. The van der Waals surface area contributed by atoms with Crippen molar-refractivity contribution < 1.29 is 9.21 Å². The normalized spacial score (nSPS) is 19.3. The molecule has 6 heteroatoms. The van der Waals surface area contributed by atoms with Crippen molar-refractivity contribution in [1.29, 1.82) is 0 Å². The molecule has 1 amide bonds. The van der Waals surface area contributed by atoms with Gasteiger partial charge in [-0.05, 0) is 74.2 Å². The van der Waals surface area contributed by atoms with Gasteiger partial charge in [0.1, 0.15) is 0 Å². The molecule has 1 atom stereocenters. The number of nitrogens with zero attached hydrogens (tertiary/aromatic N) is 4. The quantitative estimate of drug-likeness (QED) is 0.616. The first-order chi connectivity index (χ1) is 15.2. The molecule has 0 spiro atoms. The number of aryl methyl sites for hydroxylation is 1. The van der Waals surface area contributed by atoms with Crippen molar-refractivity contribution in [3.63, 3.8) is 0 Å². The summed E-state index contributed by atoms with van der Waals surface area (Å²) >= 11 is 0. The average molecular weight is 417 g/mol. The maximum atomic E-state index is 13.2. The SMILES string of the molecule is Cc1nnc(-c2ccc(-c3ccc(C(=O)N4CCC[C@H]4CN4CCCC4)cc3)cc2)o1. The summed E-state index contributed by atoms with van der Waals surface area (Å²) in [5, 5.41) is 7.94. The summed E-state index contributed by atoms with van der Waals surface area (Å²) in [7, 11) is 0. The van der Waals surface area contributed by atoms with E-state index in [4.69, 9.17) is 4.42 Å². The number of hydrogen-bond acceptors (Lipinski definition) is 5. The molecule has 0 radical (unpaired) electrons. The number of hydrogen-bond donors (Lipinski definition) is 0. The topological polar surface area (TPSA) is 62.5 Å². The minimum Gasteiger partial charge on any atom is -0.421 e. The summed E-state index contributed by atoms with van der Waals surface area (Å²) in [4.78, 5) is 17.8. The van der Waals surface area contributed by atoms with Crippen molar-refractivity contribution in [2.24, 2.45) is 0 Å². The van der Waals surface area contributed by atoms with Crippen LogP contribution in [-0.4, -0.2) is 58.1 Å². The smallest absolute Gasteiger partial charge is 0.254 e. The second-order valence-corrected chi connectivity index (χ2v) is 8.58. The fourth-order valence-electron chi connectivity index (χ4n) is 4.75. The van der Waals surface area contributed by atoms with Gasteiger partial charge in [0.05, 0.1) is 0 Å². The zero-order valence-corrected chi connectivity index (χ0v) is 18.0. The van der Waals surface area contributed by atoms with Crippen molar-refractivity contribution >= 4 is 5.91 Å². The van der Waals surface area contributed by atoms with Gasteiger partial charge in [0.2, 0.25) is 11.8 Å². The molecule has 0 saturated carbocycles. The molecule has 3 aromatic rings. The van der Waals surface area contributed by atoms with E-state index in [1.807, 2.05) is 48.5 Å². The first-order valence-electron chi connectivity index (χ1n) is 11.2. The Labute approximate surface area is 182 Å². The summed E-state index contributed by atoms with van der Waals surface area (Å²) in [6.07, 6.45) is 4.80. The van der Waals surface area contributed by atoms with Gasteiger partial charge in [-0.1, -0.05) is 24.3 Å². The second-order valence-electron chi connectivity index (χ2n) is 8.58. The third kappa shape index (κ3) is 4.26. The minimum absolute atomic E-state index is 0.162. The monoisotopic (exact) mass is 416 g/mol. The van der Waals surface area contributed by atoms with Gasteiger partial charge in [0.15, 0.2) is 0 Å². The van der Waals surface area contributed by atoms with Gasteiger partial charge in [0, 0.05) is 37.2 Å². The van der Waals surface area contributed by atoms with Crippen LogP contribution >= 0.6 is 0 Å². The van der Waals surface area contributed by atoms with Crippen LogP contribution in [0.25, 0.3) is 22.6 Å². The molecule has 0 aliphatic carbocycles. The van der Waals surface area contributed by atoms with Crippen molar-refractivity contribution in [2.75, 3.05) is 26.2 Å². The second kappa shape index (κ2) is 8.63. The molecule has 3 heterocycles. The Hall–Kier alpha value is -2.99. The molecule has 160 valence electrons. The van der Waals surface area contributed by atoms with Gasteiger partial charge in [-0.3, -0.25) is 4.79 Å². The van der Waals surface area contributed by atoms with E-state index in [1.54, 1.807) is 6.92 Å². The highest BCUT2D eigenvalue weighted by atomic mass is 16.4. The lowest BCUT2D eigenvalue weighted by Crippen LogP contribution is -2.42. The first-order valence-corrected chi connectivity index (χ1v) is 11.2. The van der Waals surface area contributed by atoms with E-state index in [-0.39, 0.29) is 5.91 Å². The van der Waals surface area contributed by atoms with Crippen molar-refractivity contribution in [2.45, 2.75) is 38.6 Å². The van der Waals surface area contributed by atoms with Gasteiger partial charge in [-0.15, -0.1) is 10.2 Å². The Bertz CT molecular complexity index is 1040. The van der Waals surface area contributed by atoms with E-state index in [0.717, 1.165) is 48.2 Å². The highest BCUT2D eigenvalue weighted by Gasteiger charge is 2.31. The third-order valence-corrected chi connectivity index (χ3v) is 6.43. The maximum absolute atomic E-state index is 13.2. The first kappa shape index (κ1) is 19.9. The molecule has 2 aliphatic heterocycles. The summed E-state index contributed by atoms with van der Waals surface area (Å²) < 4.78 is 5.49.